The molecule has 2 aromatic carbocycles. The summed E-state index contributed by atoms with van der Waals surface area (Å²) in [6, 6.07) is 14.3. The molecule has 0 heterocycles. The molecule has 4 nitrogen and oxygen atoms in total. The number of rotatable bonds is 5. The predicted octanol–water partition coefficient (Wildman–Crippen LogP) is 2.48. The fourth-order valence-corrected chi connectivity index (χ4v) is 2.68. The van der Waals surface area contributed by atoms with Crippen molar-refractivity contribution < 1.29 is 13.2 Å². The lowest BCUT2D eigenvalue weighted by atomic mass is 10.1. The minimum atomic E-state index is -3.19. The molecule has 0 aliphatic rings. The molecule has 1 unspecified atom stereocenters. The molecule has 0 saturated carbocycles. The van der Waals surface area contributed by atoms with Crippen LogP contribution >= 0.6 is 0 Å². The maximum absolute atomic E-state index is 11.4. The Morgan fingerprint density at radius 2 is 1.81 bits per heavy atom. The zero-order valence-electron chi connectivity index (χ0n) is 12.1. The Balaban J connectivity index is 2.19. The van der Waals surface area contributed by atoms with Gasteiger partial charge in [0.2, 0.25) is 0 Å². The van der Waals surface area contributed by atoms with Crippen LogP contribution in [-0.2, 0) is 9.84 Å². The lowest BCUT2D eigenvalue weighted by molar-refractivity contribution is 0.214. The fraction of sp³-hybridized carbons (Fsp3) is 0.250. The van der Waals surface area contributed by atoms with Crippen molar-refractivity contribution in [3.8, 4) is 5.75 Å². The first-order chi connectivity index (χ1) is 9.90. The lowest BCUT2D eigenvalue weighted by Gasteiger charge is -2.18. The van der Waals surface area contributed by atoms with E-state index in [4.69, 9.17) is 10.5 Å². The highest BCUT2D eigenvalue weighted by molar-refractivity contribution is 7.90. The van der Waals surface area contributed by atoms with Crippen LogP contribution in [0.5, 0.6) is 5.75 Å². The summed E-state index contributed by atoms with van der Waals surface area (Å²) in [7, 11) is -3.19. The van der Waals surface area contributed by atoms with Crippen molar-refractivity contribution in [2.24, 2.45) is 5.73 Å². The fourth-order valence-electron chi connectivity index (χ4n) is 2.05. The number of aryl methyl sites for hydroxylation is 1. The smallest absolute Gasteiger partial charge is 0.175 e. The van der Waals surface area contributed by atoms with Crippen LogP contribution in [0.3, 0.4) is 0 Å². The summed E-state index contributed by atoms with van der Waals surface area (Å²) >= 11 is 0. The van der Waals surface area contributed by atoms with Gasteiger partial charge in [-0.2, -0.15) is 0 Å². The molecule has 0 spiro atoms. The summed E-state index contributed by atoms with van der Waals surface area (Å²) < 4.78 is 28.7. The molecular weight excluding hydrogens is 286 g/mol. The molecular formula is C16H19NO3S. The van der Waals surface area contributed by atoms with Crippen LogP contribution < -0.4 is 10.5 Å². The molecule has 0 fully saturated rings. The van der Waals surface area contributed by atoms with Gasteiger partial charge in [0, 0.05) is 12.8 Å². The first kappa shape index (κ1) is 15.5. The second-order valence-electron chi connectivity index (χ2n) is 5.00. The normalized spacial score (nSPS) is 12.9. The van der Waals surface area contributed by atoms with Gasteiger partial charge in [0.25, 0.3) is 0 Å². The van der Waals surface area contributed by atoms with E-state index >= 15 is 0 Å². The van der Waals surface area contributed by atoms with E-state index in [1.807, 2.05) is 31.2 Å². The zero-order valence-corrected chi connectivity index (χ0v) is 12.9. The molecule has 0 bridgehead atoms. The van der Waals surface area contributed by atoms with Crippen LogP contribution in [0.15, 0.2) is 53.4 Å². The van der Waals surface area contributed by atoms with Gasteiger partial charge in [-0.25, -0.2) is 8.42 Å². The molecule has 0 aliphatic heterocycles. The highest BCUT2D eigenvalue weighted by Crippen LogP contribution is 2.23. The van der Waals surface area contributed by atoms with Gasteiger partial charge in [0.1, 0.15) is 11.9 Å². The number of benzene rings is 2. The average molecular weight is 305 g/mol. The van der Waals surface area contributed by atoms with Crippen molar-refractivity contribution >= 4 is 9.84 Å². The van der Waals surface area contributed by atoms with E-state index in [2.05, 4.69) is 0 Å². The molecule has 0 amide bonds. The van der Waals surface area contributed by atoms with Gasteiger partial charge >= 0.3 is 0 Å². The molecule has 0 saturated heterocycles. The maximum Gasteiger partial charge on any atom is 0.175 e. The highest BCUT2D eigenvalue weighted by Gasteiger charge is 2.12. The molecule has 0 radical (unpaired) electrons. The first-order valence-electron chi connectivity index (χ1n) is 6.63. The molecule has 2 rings (SSSR count). The summed E-state index contributed by atoms with van der Waals surface area (Å²) in [5, 5.41) is 0. The third-order valence-corrected chi connectivity index (χ3v) is 4.29. The average Bonchev–Trinajstić information content (AvgIpc) is 2.44. The second-order valence-corrected chi connectivity index (χ2v) is 7.02. The second kappa shape index (κ2) is 6.28. The third kappa shape index (κ3) is 4.06. The lowest BCUT2D eigenvalue weighted by Crippen LogP contribution is -2.18. The Hall–Kier alpha value is -1.85. The van der Waals surface area contributed by atoms with Gasteiger partial charge in [0.05, 0.1) is 4.90 Å². The molecule has 0 aliphatic carbocycles. The Labute approximate surface area is 125 Å². The molecule has 5 heteroatoms. The van der Waals surface area contributed by atoms with E-state index in [1.165, 1.54) is 18.4 Å². The minimum absolute atomic E-state index is 0.256. The van der Waals surface area contributed by atoms with Crippen molar-refractivity contribution in [1.29, 1.82) is 0 Å². The first-order valence-corrected chi connectivity index (χ1v) is 8.52. The van der Waals surface area contributed by atoms with Crippen molar-refractivity contribution in [3.63, 3.8) is 0 Å². The summed E-state index contributed by atoms with van der Waals surface area (Å²) in [5.74, 6) is 0.597. The van der Waals surface area contributed by atoms with Gasteiger partial charge in [-0.1, -0.05) is 29.8 Å². The zero-order chi connectivity index (χ0) is 15.5. The van der Waals surface area contributed by atoms with Crippen LogP contribution in [0.4, 0.5) is 0 Å². The van der Waals surface area contributed by atoms with E-state index in [1.54, 1.807) is 12.1 Å². The van der Waals surface area contributed by atoms with Crippen molar-refractivity contribution in [1.82, 2.24) is 0 Å². The largest absolute Gasteiger partial charge is 0.484 e. The number of ether oxygens (including phenoxy) is 1. The minimum Gasteiger partial charge on any atom is -0.484 e. The van der Waals surface area contributed by atoms with Gasteiger partial charge in [-0.15, -0.1) is 0 Å². The third-order valence-electron chi connectivity index (χ3n) is 3.16. The Bertz CT molecular complexity index is 709. The topological polar surface area (TPSA) is 69.4 Å². The standard InChI is InChI=1S/C16H19NO3S/c1-12-4-3-5-13(10-12)16(11-17)20-14-6-8-15(9-7-14)21(2,18)19/h3-10,16H,11,17H2,1-2H3. The van der Waals surface area contributed by atoms with Crippen LogP contribution in [0.1, 0.15) is 17.2 Å². The molecule has 21 heavy (non-hydrogen) atoms. The van der Waals surface area contributed by atoms with E-state index < -0.39 is 9.84 Å². The summed E-state index contributed by atoms with van der Waals surface area (Å²) in [6.45, 7) is 2.36. The quantitative estimate of drug-likeness (QED) is 0.921. The Kier molecular flexibility index (Phi) is 4.65. The summed E-state index contributed by atoms with van der Waals surface area (Å²) in [5.41, 5.74) is 7.93. The molecule has 112 valence electrons. The van der Waals surface area contributed by atoms with Crippen LogP contribution in [0.25, 0.3) is 0 Å². The van der Waals surface area contributed by atoms with E-state index in [0.29, 0.717) is 12.3 Å². The van der Waals surface area contributed by atoms with Gasteiger partial charge in [-0.3, -0.25) is 0 Å². The van der Waals surface area contributed by atoms with Crippen molar-refractivity contribution in [2.45, 2.75) is 17.9 Å². The predicted molar refractivity (Wildman–Crippen MR) is 83.2 cm³/mol. The van der Waals surface area contributed by atoms with Crippen LogP contribution in [0, 0.1) is 6.92 Å². The molecule has 0 aromatic heterocycles. The van der Waals surface area contributed by atoms with Crippen molar-refractivity contribution in [3.05, 3.63) is 59.7 Å². The van der Waals surface area contributed by atoms with Crippen LogP contribution in [-0.4, -0.2) is 21.2 Å². The van der Waals surface area contributed by atoms with Crippen LogP contribution in [0.2, 0.25) is 0 Å². The number of hydrogen-bond donors (Lipinski definition) is 1. The van der Waals surface area contributed by atoms with Crippen molar-refractivity contribution in [2.75, 3.05) is 12.8 Å². The van der Waals surface area contributed by atoms with E-state index in [0.717, 1.165) is 11.1 Å². The molecule has 1 atom stereocenters. The van der Waals surface area contributed by atoms with E-state index in [-0.39, 0.29) is 11.0 Å². The summed E-state index contributed by atoms with van der Waals surface area (Å²) in [6.07, 6.45) is 0.923. The highest BCUT2D eigenvalue weighted by atomic mass is 32.2. The number of sulfone groups is 1. The van der Waals surface area contributed by atoms with Gasteiger partial charge in [-0.05, 0) is 36.8 Å². The SMILES string of the molecule is Cc1cccc(C(CN)Oc2ccc(S(C)(=O)=O)cc2)c1. The van der Waals surface area contributed by atoms with E-state index in [9.17, 15) is 8.42 Å². The monoisotopic (exact) mass is 305 g/mol. The molecule has 2 aromatic rings. The van der Waals surface area contributed by atoms with Gasteiger partial charge < -0.3 is 10.5 Å². The number of hydrogen-bond acceptors (Lipinski definition) is 4. The van der Waals surface area contributed by atoms with Gasteiger partial charge in [0.15, 0.2) is 9.84 Å². The Morgan fingerprint density at radius 1 is 1.14 bits per heavy atom. The number of nitrogens with two attached hydrogens (primary N) is 1. The Morgan fingerprint density at radius 3 is 2.33 bits per heavy atom. The molecule has 2 N–H and O–H groups in total. The maximum atomic E-state index is 11.4. The summed E-state index contributed by atoms with van der Waals surface area (Å²) in [4.78, 5) is 0.273.